The number of hydrogen-bond donors (Lipinski definition) is 2. The average Bonchev–Trinajstić information content (AvgIpc) is 2.84. The van der Waals surface area contributed by atoms with Gasteiger partial charge in [0.1, 0.15) is 5.69 Å². The van der Waals surface area contributed by atoms with Crippen molar-refractivity contribution in [1.82, 2.24) is 4.98 Å². The van der Waals surface area contributed by atoms with E-state index in [1.807, 2.05) is 31.2 Å². The maximum absolute atomic E-state index is 13.0. The van der Waals surface area contributed by atoms with Gasteiger partial charge in [0.25, 0.3) is 5.91 Å². The maximum atomic E-state index is 13.0. The summed E-state index contributed by atoms with van der Waals surface area (Å²) in [4.78, 5) is 18.2. The van der Waals surface area contributed by atoms with Gasteiger partial charge in [-0.2, -0.15) is 13.2 Å². The molecule has 1 fully saturated rings. The van der Waals surface area contributed by atoms with Crippen LogP contribution in [0.15, 0.2) is 54.7 Å². The average molecular weight is 483 g/mol. The van der Waals surface area contributed by atoms with Gasteiger partial charge in [-0.15, -0.1) is 0 Å². The number of halogens is 3. The molecule has 6 nitrogen and oxygen atoms in total. The molecule has 1 aromatic heterocycles. The van der Waals surface area contributed by atoms with Crippen LogP contribution < -0.4 is 10.2 Å². The van der Waals surface area contributed by atoms with Gasteiger partial charge in [0, 0.05) is 41.7 Å². The minimum Gasteiger partial charge on any atom is -0.388 e. The molecular weight excluding hydrogens is 459 g/mol. The molecule has 2 aliphatic rings. The number of benzene rings is 2. The first-order chi connectivity index (χ1) is 16.7. The van der Waals surface area contributed by atoms with Crippen LogP contribution in [0.5, 0.6) is 0 Å². The SMILES string of the molecule is Cc1ccc(NC(=O)c2ccnc(C(F)(F)F)c2)cc1-c1ccc2c(c1)N1CCOCC1CC2O. The van der Waals surface area contributed by atoms with E-state index in [0.29, 0.717) is 25.3 Å². The van der Waals surface area contributed by atoms with Gasteiger partial charge in [0.2, 0.25) is 0 Å². The molecule has 0 aliphatic carbocycles. The molecule has 1 amide bonds. The molecule has 1 saturated heterocycles. The van der Waals surface area contributed by atoms with Crippen LogP contribution in [-0.4, -0.2) is 41.8 Å². The van der Waals surface area contributed by atoms with Crippen molar-refractivity contribution in [3.63, 3.8) is 0 Å². The number of fused-ring (bicyclic) bond motifs is 3. The Morgan fingerprint density at radius 3 is 2.80 bits per heavy atom. The number of hydrogen-bond acceptors (Lipinski definition) is 5. The number of nitrogens with zero attached hydrogens (tertiary/aromatic N) is 2. The molecule has 2 unspecified atom stereocenters. The van der Waals surface area contributed by atoms with Crippen molar-refractivity contribution in [2.45, 2.75) is 31.7 Å². The number of ether oxygens (including phenoxy) is 1. The third-order valence-corrected chi connectivity index (χ3v) is 6.54. The number of carbonyl (C=O) groups excluding carboxylic acids is 1. The monoisotopic (exact) mass is 483 g/mol. The van der Waals surface area contributed by atoms with E-state index in [0.717, 1.165) is 46.7 Å². The largest absolute Gasteiger partial charge is 0.433 e. The van der Waals surface area contributed by atoms with Crippen LogP contribution in [-0.2, 0) is 10.9 Å². The lowest BCUT2D eigenvalue weighted by atomic mass is 9.89. The number of aryl methyl sites for hydroxylation is 1. The van der Waals surface area contributed by atoms with Crippen LogP contribution in [0.3, 0.4) is 0 Å². The van der Waals surface area contributed by atoms with Gasteiger partial charge < -0.3 is 20.1 Å². The number of nitrogens with one attached hydrogen (secondary N) is 1. The summed E-state index contributed by atoms with van der Waals surface area (Å²) >= 11 is 0. The molecular formula is C26H24F3N3O3. The zero-order valence-corrected chi connectivity index (χ0v) is 19.0. The molecule has 0 radical (unpaired) electrons. The van der Waals surface area contributed by atoms with Crippen molar-refractivity contribution < 1.29 is 27.8 Å². The molecule has 2 atom stereocenters. The van der Waals surface area contributed by atoms with Crippen LogP contribution in [0.1, 0.15) is 39.7 Å². The fraction of sp³-hybridized carbons (Fsp3) is 0.308. The van der Waals surface area contributed by atoms with Crippen molar-refractivity contribution in [1.29, 1.82) is 0 Å². The predicted molar refractivity (Wildman–Crippen MR) is 125 cm³/mol. The molecule has 3 heterocycles. The maximum Gasteiger partial charge on any atom is 0.433 e. The topological polar surface area (TPSA) is 74.7 Å². The number of amides is 1. The molecule has 182 valence electrons. The van der Waals surface area contributed by atoms with Crippen LogP contribution in [0.25, 0.3) is 11.1 Å². The summed E-state index contributed by atoms with van der Waals surface area (Å²) in [6, 6.07) is 13.4. The van der Waals surface area contributed by atoms with Crippen LogP contribution in [0, 0.1) is 6.92 Å². The molecule has 35 heavy (non-hydrogen) atoms. The van der Waals surface area contributed by atoms with Gasteiger partial charge in [-0.25, -0.2) is 0 Å². The van der Waals surface area contributed by atoms with E-state index in [1.54, 1.807) is 12.1 Å². The number of anilines is 2. The lowest BCUT2D eigenvalue weighted by molar-refractivity contribution is -0.141. The summed E-state index contributed by atoms with van der Waals surface area (Å²) in [5.74, 6) is -0.655. The molecule has 0 spiro atoms. The Morgan fingerprint density at radius 2 is 2.00 bits per heavy atom. The number of aliphatic hydroxyl groups is 1. The Morgan fingerprint density at radius 1 is 1.17 bits per heavy atom. The second kappa shape index (κ2) is 8.98. The Hall–Kier alpha value is -3.43. The van der Waals surface area contributed by atoms with Crippen LogP contribution in [0.4, 0.5) is 24.5 Å². The van der Waals surface area contributed by atoms with Gasteiger partial charge in [-0.05, 0) is 53.9 Å². The highest BCUT2D eigenvalue weighted by atomic mass is 19.4. The first-order valence-electron chi connectivity index (χ1n) is 11.3. The lowest BCUT2D eigenvalue weighted by Crippen LogP contribution is -2.49. The summed E-state index contributed by atoms with van der Waals surface area (Å²) < 4.78 is 44.5. The third-order valence-electron chi connectivity index (χ3n) is 6.54. The van der Waals surface area contributed by atoms with Gasteiger partial charge in [-0.3, -0.25) is 9.78 Å². The standard InChI is InChI=1S/C26H24F3N3O3/c1-15-2-4-18(31-25(34)17-6-7-30-24(11-17)26(27,28)29)12-21(15)16-3-5-20-22(10-16)32-8-9-35-14-19(32)13-23(20)33/h2-7,10-12,19,23,33H,8-9,13-14H2,1H3,(H,31,34). The second-order valence-electron chi connectivity index (χ2n) is 8.86. The minimum absolute atomic E-state index is 0.121. The van der Waals surface area contributed by atoms with Gasteiger partial charge in [0.05, 0.1) is 25.4 Å². The third kappa shape index (κ3) is 4.61. The van der Waals surface area contributed by atoms with E-state index in [2.05, 4.69) is 15.2 Å². The predicted octanol–water partition coefficient (Wildman–Crippen LogP) is 4.97. The number of carbonyl (C=O) groups is 1. The normalized spacial score (nSPS) is 19.6. The van der Waals surface area contributed by atoms with E-state index in [4.69, 9.17) is 4.74 Å². The summed E-state index contributed by atoms with van der Waals surface area (Å²) in [6.45, 7) is 3.90. The van der Waals surface area contributed by atoms with E-state index >= 15 is 0 Å². The van der Waals surface area contributed by atoms with E-state index < -0.39 is 23.9 Å². The van der Waals surface area contributed by atoms with Gasteiger partial charge in [-0.1, -0.05) is 18.2 Å². The number of rotatable bonds is 3. The second-order valence-corrected chi connectivity index (χ2v) is 8.86. The van der Waals surface area contributed by atoms with Crippen molar-refractivity contribution in [2.75, 3.05) is 30.0 Å². The van der Waals surface area contributed by atoms with E-state index in [9.17, 15) is 23.1 Å². The Labute approximate surface area is 200 Å². The Bertz CT molecular complexity index is 1280. The van der Waals surface area contributed by atoms with E-state index in [1.165, 1.54) is 6.07 Å². The lowest BCUT2D eigenvalue weighted by Gasteiger charge is -2.43. The number of aromatic nitrogens is 1. The summed E-state index contributed by atoms with van der Waals surface area (Å²) in [5.41, 5.74) is 3.83. The van der Waals surface area contributed by atoms with Crippen LogP contribution >= 0.6 is 0 Å². The van der Waals surface area contributed by atoms with E-state index in [-0.39, 0.29) is 11.6 Å². The molecule has 3 aromatic rings. The number of morpholine rings is 1. The Balaban J connectivity index is 1.44. The zero-order chi connectivity index (χ0) is 24.7. The highest BCUT2D eigenvalue weighted by Crippen LogP contribution is 2.41. The van der Waals surface area contributed by atoms with Crippen LogP contribution in [0.2, 0.25) is 0 Å². The quantitative estimate of drug-likeness (QED) is 0.550. The van der Waals surface area contributed by atoms with Gasteiger partial charge >= 0.3 is 6.18 Å². The molecule has 9 heteroatoms. The van der Waals surface area contributed by atoms with Crippen molar-refractivity contribution in [3.8, 4) is 11.1 Å². The highest BCUT2D eigenvalue weighted by molar-refractivity contribution is 6.04. The number of pyridine rings is 1. The summed E-state index contributed by atoms with van der Waals surface area (Å²) in [5, 5.41) is 13.3. The molecule has 0 saturated carbocycles. The number of alkyl halides is 3. The fourth-order valence-electron chi connectivity index (χ4n) is 4.73. The van der Waals surface area contributed by atoms with Gasteiger partial charge in [0.15, 0.2) is 0 Å². The summed E-state index contributed by atoms with van der Waals surface area (Å²) in [6.07, 6.45) is -3.60. The first-order valence-corrected chi connectivity index (χ1v) is 11.3. The zero-order valence-electron chi connectivity index (χ0n) is 19.0. The molecule has 5 rings (SSSR count). The minimum atomic E-state index is -4.63. The van der Waals surface area contributed by atoms with Crippen molar-refractivity contribution in [3.05, 3.63) is 77.1 Å². The first kappa shape index (κ1) is 23.3. The molecule has 0 bridgehead atoms. The van der Waals surface area contributed by atoms with Crippen molar-refractivity contribution in [2.24, 2.45) is 0 Å². The molecule has 2 aliphatic heterocycles. The highest BCUT2D eigenvalue weighted by Gasteiger charge is 2.34. The molecule has 2 aromatic carbocycles. The summed E-state index contributed by atoms with van der Waals surface area (Å²) in [7, 11) is 0. The fourth-order valence-corrected chi connectivity index (χ4v) is 4.73. The smallest absolute Gasteiger partial charge is 0.388 e. The molecule has 2 N–H and O–H groups in total. The van der Waals surface area contributed by atoms with Crippen molar-refractivity contribution >= 4 is 17.3 Å². The number of aliphatic hydroxyl groups excluding tert-OH is 1. The Kier molecular flexibility index (Phi) is 5.98.